The number of carbonyl (C=O) groups is 2. The van der Waals surface area contributed by atoms with Gasteiger partial charge in [-0.05, 0) is 112 Å². The summed E-state index contributed by atoms with van der Waals surface area (Å²) in [7, 11) is 0. The first-order valence-corrected chi connectivity index (χ1v) is 13.8. The summed E-state index contributed by atoms with van der Waals surface area (Å²) in [5.74, 6) is 3.63. The van der Waals surface area contributed by atoms with Crippen molar-refractivity contribution in [2.75, 3.05) is 0 Å². The van der Waals surface area contributed by atoms with E-state index in [0.717, 1.165) is 43.4 Å². The minimum atomic E-state index is -0.556. The SMILES string of the molecule is CC(=O)O[C@H]1CC[C@@]2(C)[C@@H](CC[C@@H]3[C@@H]2CC[C@]2(C)[C@@H]([C@H](C)CCCC(C)(C)O)CC[C@@H]32)C1=O. The number of ketones is 1. The van der Waals surface area contributed by atoms with E-state index in [4.69, 9.17) is 4.74 Å². The van der Waals surface area contributed by atoms with Gasteiger partial charge in [0.15, 0.2) is 11.9 Å². The van der Waals surface area contributed by atoms with Gasteiger partial charge in [0.2, 0.25) is 0 Å². The van der Waals surface area contributed by atoms with Gasteiger partial charge < -0.3 is 9.84 Å². The number of hydrogen-bond donors (Lipinski definition) is 1. The number of carbonyl (C=O) groups excluding carboxylic acids is 2. The van der Waals surface area contributed by atoms with Crippen molar-refractivity contribution in [2.24, 2.45) is 46.3 Å². The van der Waals surface area contributed by atoms with Crippen molar-refractivity contribution < 1.29 is 19.4 Å². The number of aliphatic hydroxyl groups is 1. The van der Waals surface area contributed by atoms with Crippen LogP contribution < -0.4 is 0 Å². The molecule has 0 unspecified atom stereocenters. The Labute approximate surface area is 201 Å². The minimum absolute atomic E-state index is 0.0687. The molecular weight excluding hydrogens is 412 g/mol. The average Bonchev–Trinajstić information content (AvgIpc) is 3.06. The van der Waals surface area contributed by atoms with E-state index >= 15 is 0 Å². The summed E-state index contributed by atoms with van der Waals surface area (Å²) in [6.45, 7) is 12.7. The highest BCUT2D eigenvalue weighted by Crippen LogP contribution is 2.68. The van der Waals surface area contributed by atoms with Gasteiger partial charge >= 0.3 is 5.97 Å². The van der Waals surface area contributed by atoms with E-state index in [1.165, 1.54) is 45.4 Å². The number of hydrogen-bond acceptors (Lipinski definition) is 4. The predicted molar refractivity (Wildman–Crippen MR) is 130 cm³/mol. The monoisotopic (exact) mass is 460 g/mol. The van der Waals surface area contributed by atoms with E-state index in [0.29, 0.717) is 23.7 Å². The summed E-state index contributed by atoms with van der Waals surface area (Å²) < 4.78 is 5.41. The predicted octanol–water partition coefficient (Wildman–Crippen LogP) is 6.33. The van der Waals surface area contributed by atoms with Crippen LogP contribution in [-0.4, -0.2) is 28.6 Å². The van der Waals surface area contributed by atoms with Crippen molar-refractivity contribution in [3.8, 4) is 0 Å². The maximum atomic E-state index is 13.3. The van der Waals surface area contributed by atoms with E-state index in [9.17, 15) is 14.7 Å². The molecule has 188 valence electrons. The van der Waals surface area contributed by atoms with E-state index in [-0.39, 0.29) is 23.1 Å². The zero-order chi connectivity index (χ0) is 24.2. The summed E-state index contributed by atoms with van der Waals surface area (Å²) in [6.07, 6.45) is 11.8. The number of ether oxygens (including phenoxy) is 1. The molecule has 4 aliphatic rings. The fourth-order valence-electron chi connectivity index (χ4n) is 9.44. The van der Waals surface area contributed by atoms with Crippen LogP contribution in [0.3, 0.4) is 0 Å². The third kappa shape index (κ3) is 4.55. The van der Waals surface area contributed by atoms with Gasteiger partial charge in [-0.1, -0.05) is 33.6 Å². The van der Waals surface area contributed by atoms with Gasteiger partial charge in [0, 0.05) is 12.8 Å². The van der Waals surface area contributed by atoms with Crippen LogP contribution in [0.15, 0.2) is 0 Å². The number of fused-ring (bicyclic) bond motifs is 5. The van der Waals surface area contributed by atoms with E-state index in [1.54, 1.807) is 0 Å². The van der Waals surface area contributed by atoms with Gasteiger partial charge in [-0.25, -0.2) is 0 Å². The molecule has 33 heavy (non-hydrogen) atoms. The lowest BCUT2D eigenvalue weighted by Gasteiger charge is -2.60. The standard InChI is InChI=1S/C29H48O4/c1-18(8-7-15-27(3,4)32)21-11-12-22-20-9-10-24-26(31)25(33-19(2)30)14-17-29(24,6)23(20)13-16-28(21,22)5/h18,20-25,32H,7-17H2,1-6H3/t18-,20+,21-,22+,23+,24+,25+,28-,29-/m1/s1. The molecule has 4 nitrogen and oxygen atoms in total. The maximum Gasteiger partial charge on any atom is 0.303 e. The molecule has 0 aromatic carbocycles. The van der Waals surface area contributed by atoms with Gasteiger partial charge in [-0.2, -0.15) is 0 Å². The molecule has 4 aliphatic carbocycles. The first kappa shape index (κ1) is 25.2. The minimum Gasteiger partial charge on any atom is -0.455 e. The van der Waals surface area contributed by atoms with E-state index in [1.807, 2.05) is 13.8 Å². The molecule has 4 heteroatoms. The van der Waals surface area contributed by atoms with Crippen LogP contribution in [-0.2, 0) is 14.3 Å². The molecule has 0 aromatic rings. The van der Waals surface area contributed by atoms with Crippen molar-refractivity contribution in [1.29, 1.82) is 0 Å². The Kier molecular flexibility index (Phi) is 6.84. The first-order chi connectivity index (χ1) is 15.4. The maximum absolute atomic E-state index is 13.3. The smallest absolute Gasteiger partial charge is 0.303 e. The second-order valence-electron chi connectivity index (χ2n) is 13.5. The third-order valence-corrected chi connectivity index (χ3v) is 11.0. The number of rotatable bonds is 6. The van der Waals surface area contributed by atoms with Gasteiger partial charge in [0.1, 0.15) is 0 Å². The van der Waals surface area contributed by atoms with E-state index < -0.39 is 11.7 Å². The second-order valence-corrected chi connectivity index (χ2v) is 13.5. The Morgan fingerprint density at radius 1 is 1.06 bits per heavy atom. The van der Waals surface area contributed by atoms with Crippen LogP contribution in [0.5, 0.6) is 0 Å². The Balaban J connectivity index is 1.45. The molecule has 0 bridgehead atoms. The molecule has 0 saturated heterocycles. The molecular formula is C29H48O4. The Hall–Kier alpha value is -0.900. The van der Waals surface area contributed by atoms with Crippen LogP contribution in [0.1, 0.15) is 112 Å². The number of Topliss-reactive ketones (excluding diaryl/α,β-unsaturated/α-hetero) is 1. The Morgan fingerprint density at radius 2 is 1.73 bits per heavy atom. The van der Waals surface area contributed by atoms with Crippen LogP contribution >= 0.6 is 0 Å². The van der Waals surface area contributed by atoms with Gasteiger partial charge in [-0.3, -0.25) is 9.59 Å². The highest BCUT2D eigenvalue weighted by atomic mass is 16.5. The lowest BCUT2D eigenvalue weighted by molar-refractivity contribution is -0.172. The van der Waals surface area contributed by atoms with Crippen molar-refractivity contribution >= 4 is 11.8 Å². The van der Waals surface area contributed by atoms with Crippen molar-refractivity contribution in [2.45, 2.75) is 124 Å². The van der Waals surface area contributed by atoms with Gasteiger partial charge in [0.25, 0.3) is 0 Å². The molecule has 0 aliphatic heterocycles. The Morgan fingerprint density at radius 3 is 2.39 bits per heavy atom. The fraction of sp³-hybridized carbons (Fsp3) is 0.931. The molecule has 4 fully saturated rings. The zero-order valence-electron chi connectivity index (χ0n) is 22.0. The number of esters is 1. The van der Waals surface area contributed by atoms with E-state index in [2.05, 4.69) is 20.8 Å². The summed E-state index contributed by atoms with van der Waals surface area (Å²) >= 11 is 0. The van der Waals surface area contributed by atoms with Crippen molar-refractivity contribution in [3.05, 3.63) is 0 Å². The largest absolute Gasteiger partial charge is 0.455 e. The summed E-state index contributed by atoms with van der Waals surface area (Å²) in [4.78, 5) is 24.8. The normalized spacial score (nSPS) is 43.9. The summed E-state index contributed by atoms with van der Waals surface area (Å²) in [5.41, 5.74) is -0.0499. The van der Waals surface area contributed by atoms with Crippen LogP contribution in [0.2, 0.25) is 0 Å². The summed E-state index contributed by atoms with van der Waals surface area (Å²) in [5, 5.41) is 10.1. The molecule has 0 radical (unpaired) electrons. The van der Waals surface area contributed by atoms with Gasteiger partial charge in [0.05, 0.1) is 5.60 Å². The lowest BCUT2D eigenvalue weighted by atomic mass is 9.44. The molecule has 0 heterocycles. The van der Waals surface area contributed by atoms with Gasteiger partial charge in [-0.15, -0.1) is 0 Å². The summed E-state index contributed by atoms with van der Waals surface area (Å²) in [6, 6.07) is 0. The lowest BCUT2D eigenvalue weighted by Crippen LogP contribution is -2.57. The first-order valence-electron chi connectivity index (χ1n) is 13.8. The molecule has 1 N–H and O–H groups in total. The highest BCUT2D eigenvalue weighted by Gasteiger charge is 2.62. The Bertz CT molecular complexity index is 753. The fourth-order valence-corrected chi connectivity index (χ4v) is 9.44. The van der Waals surface area contributed by atoms with Crippen molar-refractivity contribution in [3.63, 3.8) is 0 Å². The average molecular weight is 461 g/mol. The van der Waals surface area contributed by atoms with Crippen molar-refractivity contribution in [1.82, 2.24) is 0 Å². The molecule has 0 spiro atoms. The molecule has 0 aromatic heterocycles. The molecule has 4 saturated carbocycles. The quantitative estimate of drug-likeness (QED) is 0.470. The van der Waals surface area contributed by atoms with Crippen LogP contribution in [0.25, 0.3) is 0 Å². The molecule has 4 rings (SSSR count). The highest BCUT2D eigenvalue weighted by molar-refractivity contribution is 5.89. The zero-order valence-corrected chi connectivity index (χ0v) is 22.0. The van der Waals surface area contributed by atoms with Crippen LogP contribution in [0, 0.1) is 46.3 Å². The third-order valence-electron chi connectivity index (χ3n) is 11.0. The molecule has 0 amide bonds. The van der Waals surface area contributed by atoms with Crippen LogP contribution in [0.4, 0.5) is 0 Å². The second kappa shape index (κ2) is 8.95. The molecule has 9 atom stereocenters. The topological polar surface area (TPSA) is 63.6 Å².